The monoisotopic (exact) mass is 299 g/mol. The van der Waals surface area contributed by atoms with Crippen LogP contribution < -0.4 is 0 Å². The quantitative estimate of drug-likeness (QED) is 0.388. The van der Waals surface area contributed by atoms with Crippen LogP contribution in [0.2, 0.25) is 0 Å². The van der Waals surface area contributed by atoms with Gasteiger partial charge in [0.25, 0.3) is 0 Å². The van der Waals surface area contributed by atoms with E-state index >= 15 is 0 Å². The van der Waals surface area contributed by atoms with Gasteiger partial charge >= 0.3 is 5.97 Å². The van der Waals surface area contributed by atoms with Crippen molar-refractivity contribution in [1.82, 2.24) is 0 Å². The molecule has 0 radical (unpaired) electrons. The number of hydrogen-bond acceptors (Lipinski definition) is 3. The summed E-state index contributed by atoms with van der Waals surface area (Å²) in [5.41, 5.74) is -1.87. The molecule has 112 valence electrons. The van der Waals surface area contributed by atoms with E-state index in [0.717, 1.165) is 26.0 Å². The summed E-state index contributed by atoms with van der Waals surface area (Å²) in [6.07, 6.45) is 2.53. The van der Waals surface area contributed by atoms with Crippen LogP contribution in [0.1, 0.15) is 24.0 Å². The number of hydrogen-bond donors (Lipinski definition) is 2. The average molecular weight is 299 g/mol. The molecule has 4 nitrogen and oxygen atoms in total. The van der Waals surface area contributed by atoms with Gasteiger partial charge in [0.15, 0.2) is 11.6 Å². The van der Waals surface area contributed by atoms with Gasteiger partial charge < -0.3 is 10.2 Å². The molecule has 0 atom stereocenters. The predicted molar refractivity (Wildman–Crippen MR) is 69.8 cm³/mol. The molecule has 0 bridgehead atoms. The van der Waals surface area contributed by atoms with Gasteiger partial charge in [-0.1, -0.05) is 0 Å². The smallest absolute Gasteiger partial charge is 0.341 e. The third-order valence-corrected chi connectivity index (χ3v) is 3.09. The Balaban J connectivity index is 2.58. The van der Waals surface area contributed by atoms with Crippen LogP contribution in [0.15, 0.2) is 16.6 Å². The maximum atomic E-state index is 13.7. The van der Waals surface area contributed by atoms with E-state index in [1.165, 1.54) is 0 Å². The van der Waals surface area contributed by atoms with Crippen molar-refractivity contribution in [3.63, 3.8) is 0 Å². The molecule has 7 heteroatoms. The van der Waals surface area contributed by atoms with E-state index in [0.29, 0.717) is 0 Å². The zero-order valence-electron chi connectivity index (χ0n) is 11.0. The molecule has 2 rings (SSSR count). The second-order valence-electron chi connectivity index (χ2n) is 4.73. The molecule has 0 amide bonds. The lowest BCUT2D eigenvalue weighted by Crippen LogP contribution is -2.09. The maximum absolute atomic E-state index is 13.7. The minimum Gasteiger partial charge on any atom is -0.506 e. The second-order valence-corrected chi connectivity index (χ2v) is 4.73. The van der Waals surface area contributed by atoms with Crippen molar-refractivity contribution in [2.24, 2.45) is 4.99 Å². The normalized spacial score (nSPS) is 16.2. The van der Waals surface area contributed by atoms with Crippen molar-refractivity contribution < 1.29 is 28.2 Å². The van der Waals surface area contributed by atoms with Gasteiger partial charge in [0, 0.05) is 17.8 Å². The van der Waals surface area contributed by atoms with Crippen molar-refractivity contribution in [1.29, 1.82) is 0 Å². The molecule has 1 aromatic rings. The maximum Gasteiger partial charge on any atom is 0.341 e. The number of aliphatic carboxylic acids is 1. The molecule has 0 unspecified atom stereocenters. The van der Waals surface area contributed by atoms with E-state index in [1.54, 1.807) is 0 Å². The second kappa shape index (κ2) is 5.59. The van der Waals surface area contributed by atoms with Crippen LogP contribution in [-0.4, -0.2) is 28.4 Å². The molecule has 1 fully saturated rings. The van der Waals surface area contributed by atoms with E-state index < -0.39 is 45.9 Å². The van der Waals surface area contributed by atoms with Gasteiger partial charge in [-0.3, -0.25) is 4.99 Å². The minimum atomic E-state index is -1.54. The number of carboxylic acids is 1. The molecule has 1 aliphatic carbocycles. The van der Waals surface area contributed by atoms with Gasteiger partial charge in [0.2, 0.25) is 0 Å². The molecule has 0 aromatic heterocycles. The van der Waals surface area contributed by atoms with Gasteiger partial charge in [0.1, 0.15) is 17.1 Å². The standard InChI is InChI=1S/C14H12F3NO3/c1-6-11(9(15)4-10(16)12(6)17)13(19)8(14(20)21)5-18-7-2-3-7/h4-5,7,19H,2-3H2,1H3,(H,20,21). The number of carboxylic acid groups (broad SMARTS) is 1. The first kappa shape index (κ1) is 15.1. The summed E-state index contributed by atoms with van der Waals surface area (Å²) >= 11 is 0. The lowest BCUT2D eigenvalue weighted by molar-refractivity contribution is -0.132. The summed E-state index contributed by atoms with van der Waals surface area (Å²) in [5, 5.41) is 19.0. The van der Waals surface area contributed by atoms with Crippen LogP contribution in [0.5, 0.6) is 0 Å². The average Bonchev–Trinajstić information content (AvgIpc) is 3.20. The first-order valence-electron chi connectivity index (χ1n) is 6.17. The van der Waals surface area contributed by atoms with Crippen molar-refractivity contribution in [2.75, 3.05) is 0 Å². The Morgan fingerprint density at radius 1 is 1.29 bits per heavy atom. The first-order valence-corrected chi connectivity index (χ1v) is 6.17. The molecule has 1 aliphatic rings. The highest BCUT2D eigenvalue weighted by Gasteiger charge is 2.24. The third-order valence-electron chi connectivity index (χ3n) is 3.09. The van der Waals surface area contributed by atoms with E-state index in [4.69, 9.17) is 5.11 Å². The highest BCUT2D eigenvalue weighted by molar-refractivity contribution is 6.14. The number of aliphatic hydroxyl groups excluding tert-OH is 1. The summed E-state index contributed by atoms with van der Waals surface area (Å²) in [6, 6.07) is 0.244. The molecule has 0 spiro atoms. The molecule has 2 N–H and O–H groups in total. The van der Waals surface area contributed by atoms with Crippen molar-refractivity contribution in [3.05, 3.63) is 40.2 Å². The lowest BCUT2D eigenvalue weighted by Gasteiger charge is -2.10. The number of carbonyl (C=O) groups is 1. The van der Waals surface area contributed by atoms with Crippen molar-refractivity contribution in [2.45, 2.75) is 25.8 Å². The SMILES string of the molecule is Cc1c(F)c(F)cc(F)c1C(O)=C(C=NC1CC1)C(=O)O. The molecule has 21 heavy (non-hydrogen) atoms. The van der Waals surface area contributed by atoms with Crippen LogP contribution in [0.4, 0.5) is 13.2 Å². The van der Waals surface area contributed by atoms with Crippen LogP contribution in [-0.2, 0) is 4.79 Å². The third kappa shape index (κ3) is 3.07. The fourth-order valence-corrected chi connectivity index (χ4v) is 1.76. The Bertz CT molecular complexity index is 664. The fraction of sp³-hybridized carbons (Fsp3) is 0.286. The number of halogens is 3. The number of aliphatic imine (C=N–C) groups is 1. The Morgan fingerprint density at radius 2 is 1.90 bits per heavy atom. The number of benzene rings is 1. The van der Waals surface area contributed by atoms with Crippen LogP contribution in [0, 0.1) is 24.4 Å². The van der Waals surface area contributed by atoms with E-state index in [1.807, 2.05) is 0 Å². The van der Waals surface area contributed by atoms with Gasteiger partial charge in [-0.05, 0) is 19.8 Å². The lowest BCUT2D eigenvalue weighted by atomic mass is 10.0. The fourth-order valence-electron chi connectivity index (χ4n) is 1.76. The Hall–Kier alpha value is -2.31. The summed E-state index contributed by atoms with van der Waals surface area (Å²) < 4.78 is 40.3. The van der Waals surface area contributed by atoms with E-state index in [-0.39, 0.29) is 12.1 Å². The molecule has 1 saturated carbocycles. The predicted octanol–water partition coefficient (Wildman–Crippen LogP) is 3.00. The zero-order chi connectivity index (χ0) is 15.7. The summed E-state index contributed by atoms with van der Waals surface area (Å²) in [6.45, 7) is 1.05. The molecule has 0 aliphatic heterocycles. The van der Waals surface area contributed by atoms with E-state index in [9.17, 15) is 23.1 Å². The topological polar surface area (TPSA) is 69.9 Å². The Morgan fingerprint density at radius 3 is 2.43 bits per heavy atom. The molecular weight excluding hydrogens is 287 g/mol. The van der Waals surface area contributed by atoms with E-state index in [2.05, 4.69) is 4.99 Å². The Labute approximate surface area is 118 Å². The summed E-state index contributed by atoms with van der Waals surface area (Å²) in [4.78, 5) is 15.0. The van der Waals surface area contributed by atoms with Gasteiger partial charge in [-0.15, -0.1) is 0 Å². The van der Waals surface area contributed by atoms with Crippen LogP contribution in [0.25, 0.3) is 5.76 Å². The van der Waals surface area contributed by atoms with Gasteiger partial charge in [-0.2, -0.15) is 0 Å². The minimum absolute atomic E-state index is 0.0111. The summed E-state index contributed by atoms with van der Waals surface area (Å²) in [5.74, 6) is -6.53. The zero-order valence-corrected chi connectivity index (χ0v) is 11.0. The highest BCUT2D eigenvalue weighted by Crippen LogP contribution is 2.28. The molecule has 1 aromatic carbocycles. The first-order chi connectivity index (χ1) is 9.82. The van der Waals surface area contributed by atoms with Crippen molar-refractivity contribution in [3.8, 4) is 0 Å². The number of aliphatic hydroxyl groups is 1. The number of rotatable bonds is 4. The van der Waals surface area contributed by atoms with Gasteiger partial charge in [-0.25, -0.2) is 18.0 Å². The Kier molecular flexibility index (Phi) is 4.02. The summed E-state index contributed by atoms with van der Waals surface area (Å²) in [7, 11) is 0. The number of nitrogens with zero attached hydrogens (tertiary/aromatic N) is 1. The molecule has 0 saturated heterocycles. The molecule has 0 heterocycles. The van der Waals surface area contributed by atoms with Crippen LogP contribution in [0.3, 0.4) is 0 Å². The molecular formula is C14H12F3NO3. The van der Waals surface area contributed by atoms with Gasteiger partial charge in [0.05, 0.1) is 11.6 Å². The van der Waals surface area contributed by atoms with Crippen molar-refractivity contribution >= 4 is 17.9 Å². The van der Waals surface area contributed by atoms with Crippen LogP contribution >= 0.6 is 0 Å². The largest absolute Gasteiger partial charge is 0.506 e. The highest BCUT2D eigenvalue weighted by atomic mass is 19.2.